The second-order valence-corrected chi connectivity index (χ2v) is 6.50. The third kappa shape index (κ3) is 3.78. The monoisotopic (exact) mass is 341 g/mol. The summed E-state index contributed by atoms with van der Waals surface area (Å²) >= 11 is 7.82. The van der Waals surface area contributed by atoms with Gasteiger partial charge < -0.3 is 0 Å². The van der Waals surface area contributed by atoms with Gasteiger partial charge in [-0.3, -0.25) is 5.43 Å². The third-order valence-corrected chi connectivity index (χ3v) is 4.63. The van der Waals surface area contributed by atoms with Crippen LogP contribution < -0.4 is 5.43 Å². The Morgan fingerprint density at radius 3 is 2.74 bits per heavy atom. The van der Waals surface area contributed by atoms with Gasteiger partial charge in [0.05, 0.1) is 16.9 Å². The Kier molecular flexibility index (Phi) is 4.74. The van der Waals surface area contributed by atoms with Gasteiger partial charge in [-0.2, -0.15) is 5.10 Å². The Labute approximate surface area is 144 Å². The molecule has 0 atom stereocenters. The number of hydrogen-bond acceptors (Lipinski definition) is 4. The van der Waals surface area contributed by atoms with Crippen molar-refractivity contribution in [2.24, 2.45) is 5.10 Å². The van der Waals surface area contributed by atoms with Gasteiger partial charge in [-0.25, -0.2) is 4.98 Å². The van der Waals surface area contributed by atoms with Crippen LogP contribution in [0.1, 0.15) is 16.7 Å². The fourth-order valence-corrected chi connectivity index (χ4v) is 3.13. The maximum atomic E-state index is 6.30. The molecule has 0 spiro atoms. The SMILES string of the molecule is Cc1cc(C)c(Cl)c(C=NNc2nc(-c3ccccc3)cs2)c1. The van der Waals surface area contributed by atoms with Gasteiger partial charge in [0.2, 0.25) is 5.13 Å². The summed E-state index contributed by atoms with van der Waals surface area (Å²) in [5, 5.41) is 7.74. The van der Waals surface area contributed by atoms with E-state index in [1.54, 1.807) is 6.21 Å². The first kappa shape index (κ1) is 15.7. The Morgan fingerprint density at radius 2 is 1.96 bits per heavy atom. The normalized spacial score (nSPS) is 11.1. The quantitative estimate of drug-likeness (QED) is 0.500. The van der Waals surface area contributed by atoms with Gasteiger partial charge in [0, 0.05) is 16.5 Å². The van der Waals surface area contributed by atoms with Crippen LogP contribution in [0.25, 0.3) is 11.3 Å². The zero-order valence-corrected chi connectivity index (χ0v) is 14.4. The number of nitrogens with one attached hydrogen (secondary N) is 1. The number of nitrogens with zero attached hydrogens (tertiary/aromatic N) is 2. The van der Waals surface area contributed by atoms with E-state index in [0.717, 1.165) is 38.1 Å². The van der Waals surface area contributed by atoms with Gasteiger partial charge >= 0.3 is 0 Å². The Bertz CT molecular complexity index is 841. The first-order valence-corrected chi connectivity index (χ1v) is 8.46. The van der Waals surface area contributed by atoms with Crippen molar-refractivity contribution < 1.29 is 0 Å². The topological polar surface area (TPSA) is 37.3 Å². The molecule has 0 bridgehead atoms. The van der Waals surface area contributed by atoms with Crippen LogP contribution in [-0.4, -0.2) is 11.2 Å². The van der Waals surface area contributed by atoms with Crippen LogP contribution in [0.4, 0.5) is 5.13 Å². The summed E-state index contributed by atoms with van der Waals surface area (Å²) in [5.41, 5.74) is 8.12. The minimum Gasteiger partial charge on any atom is -0.253 e. The summed E-state index contributed by atoms with van der Waals surface area (Å²) in [6.45, 7) is 4.04. The lowest BCUT2D eigenvalue weighted by atomic mass is 10.1. The zero-order chi connectivity index (χ0) is 16.2. The standard InChI is InChI=1S/C18H16ClN3S/c1-12-8-13(2)17(19)15(9-12)10-20-22-18-21-16(11-23-18)14-6-4-3-5-7-14/h3-11H,1-2H3,(H,21,22). The average molecular weight is 342 g/mol. The lowest BCUT2D eigenvalue weighted by molar-refractivity contribution is 1.28. The molecule has 3 aromatic rings. The van der Waals surface area contributed by atoms with Crippen molar-refractivity contribution >= 4 is 34.3 Å². The maximum absolute atomic E-state index is 6.30. The predicted octanol–water partition coefficient (Wildman–Crippen LogP) is 5.53. The molecule has 0 aliphatic rings. The van der Waals surface area contributed by atoms with Crippen molar-refractivity contribution in [3.8, 4) is 11.3 Å². The molecule has 1 aromatic heterocycles. The minimum atomic E-state index is 0.727. The molecule has 23 heavy (non-hydrogen) atoms. The van der Waals surface area contributed by atoms with Crippen LogP contribution in [0.3, 0.4) is 0 Å². The van der Waals surface area contributed by atoms with Gasteiger partial charge in [-0.05, 0) is 25.5 Å². The first-order chi connectivity index (χ1) is 11.1. The summed E-state index contributed by atoms with van der Waals surface area (Å²) in [6.07, 6.45) is 1.73. The van der Waals surface area contributed by atoms with E-state index in [0.29, 0.717) is 0 Å². The van der Waals surface area contributed by atoms with Crippen molar-refractivity contribution in [2.45, 2.75) is 13.8 Å². The average Bonchev–Trinajstić information content (AvgIpc) is 3.02. The Balaban J connectivity index is 1.73. The van der Waals surface area contributed by atoms with Crippen LogP contribution in [-0.2, 0) is 0 Å². The van der Waals surface area contributed by atoms with Crippen molar-refractivity contribution in [2.75, 3.05) is 5.43 Å². The molecule has 1 N–H and O–H groups in total. The number of halogens is 1. The van der Waals surface area contributed by atoms with Gasteiger partial charge in [-0.15, -0.1) is 11.3 Å². The smallest absolute Gasteiger partial charge is 0.203 e. The molecule has 0 saturated heterocycles. The number of anilines is 1. The van der Waals surface area contributed by atoms with Crippen LogP contribution in [0.5, 0.6) is 0 Å². The molecule has 0 saturated carbocycles. The Morgan fingerprint density at radius 1 is 1.17 bits per heavy atom. The highest BCUT2D eigenvalue weighted by Gasteiger charge is 2.04. The minimum absolute atomic E-state index is 0.727. The van der Waals surface area contributed by atoms with E-state index in [1.165, 1.54) is 11.3 Å². The molecular weight excluding hydrogens is 326 g/mol. The van der Waals surface area contributed by atoms with Crippen LogP contribution in [0.15, 0.2) is 52.9 Å². The summed E-state index contributed by atoms with van der Waals surface area (Å²) in [6, 6.07) is 14.1. The van der Waals surface area contributed by atoms with Crippen LogP contribution >= 0.6 is 22.9 Å². The number of hydrogen-bond donors (Lipinski definition) is 1. The van der Waals surface area contributed by atoms with Crippen LogP contribution in [0.2, 0.25) is 5.02 Å². The van der Waals surface area contributed by atoms with E-state index in [2.05, 4.69) is 21.6 Å². The number of thiazole rings is 1. The van der Waals surface area contributed by atoms with E-state index in [-0.39, 0.29) is 0 Å². The number of benzene rings is 2. The molecule has 0 fully saturated rings. The number of aromatic nitrogens is 1. The summed E-state index contributed by atoms with van der Waals surface area (Å²) < 4.78 is 0. The Hall–Kier alpha value is -2.17. The molecule has 3 nitrogen and oxygen atoms in total. The molecule has 1 heterocycles. The summed E-state index contributed by atoms with van der Waals surface area (Å²) in [4.78, 5) is 4.53. The number of hydrazone groups is 1. The fourth-order valence-electron chi connectivity index (χ4n) is 2.30. The molecule has 0 radical (unpaired) electrons. The summed E-state index contributed by atoms with van der Waals surface area (Å²) in [7, 11) is 0. The van der Waals surface area contributed by atoms with E-state index >= 15 is 0 Å². The molecule has 0 aliphatic carbocycles. The van der Waals surface area contributed by atoms with Crippen molar-refractivity contribution in [3.05, 3.63) is 69.6 Å². The molecule has 2 aromatic carbocycles. The summed E-state index contributed by atoms with van der Waals surface area (Å²) in [5.74, 6) is 0. The van der Waals surface area contributed by atoms with Crippen molar-refractivity contribution in [1.29, 1.82) is 0 Å². The van der Waals surface area contributed by atoms with E-state index in [4.69, 9.17) is 11.6 Å². The van der Waals surface area contributed by atoms with Gasteiger partial charge in [0.15, 0.2) is 0 Å². The highest BCUT2D eigenvalue weighted by atomic mass is 35.5. The molecule has 0 aliphatic heterocycles. The second kappa shape index (κ2) is 6.94. The number of aryl methyl sites for hydroxylation is 2. The lowest BCUT2D eigenvalue weighted by Gasteiger charge is -2.04. The molecule has 3 rings (SSSR count). The molecule has 5 heteroatoms. The largest absolute Gasteiger partial charge is 0.253 e. The number of rotatable bonds is 4. The highest BCUT2D eigenvalue weighted by molar-refractivity contribution is 7.14. The molecule has 0 amide bonds. The third-order valence-electron chi connectivity index (χ3n) is 3.36. The molecular formula is C18H16ClN3S. The van der Waals surface area contributed by atoms with E-state index in [1.807, 2.05) is 55.6 Å². The molecule has 0 unspecified atom stereocenters. The van der Waals surface area contributed by atoms with Gasteiger partial charge in [-0.1, -0.05) is 53.6 Å². The second-order valence-electron chi connectivity index (χ2n) is 5.26. The van der Waals surface area contributed by atoms with Gasteiger partial charge in [0.25, 0.3) is 0 Å². The lowest BCUT2D eigenvalue weighted by Crippen LogP contribution is -1.93. The fraction of sp³-hybridized carbons (Fsp3) is 0.111. The van der Waals surface area contributed by atoms with Crippen molar-refractivity contribution in [3.63, 3.8) is 0 Å². The predicted molar refractivity (Wildman–Crippen MR) is 99.7 cm³/mol. The highest BCUT2D eigenvalue weighted by Crippen LogP contribution is 2.25. The first-order valence-electron chi connectivity index (χ1n) is 7.20. The van der Waals surface area contributed by atoms with E-state index in [9.17, 15) is 0 Å². The zero-order valence-electron chi connectivity index (χ0n) is 12.9. The maximum Gasteiger partial charge on any atom is 0.203 e. The van der Waals surface area contributed by atoms with Gasteiger partial charge in [0.1, 0.15) is 0 Å². The van der Waals surface area contributed by atoms with Crippen molar-refractivity contribution in [1.82, 2.24) is 4.98 Å². The van der Waals surface area contributed by atoms with Crippen LogP contribution in [0, 0.1) is 13.8 Å². The molecule has 116 valence electrons. The van der Waals surface area contributed by atoms with E-state index < -0.39 is 0 Å².